The Kier molecular flexibility index (Phi) is 4.65. The molecule has 1 aliphatic heterocycles. The molecular formula is C20H22N2O2. The predicted octanol–water partition coefficient (Wildman–Crippen LogP) is 2.97. The van der Waals surface area contributed by atoms with Crippen molar-refractivity contribution in [2.75, 3.05) is 11.4 Å². The zero-order valence-corrected chi connectivity index (χ0v) is 14.1. The highest BCUT2D eigenvalue weighted by molar-refractivity contribution is 6.00. The molecule has 2 aromatic carbocycles. The van der Waals surface area contributed by atoms with E-state index in [2.05, 4.69) is 5.32 Å². The molecule has 4 heteroatoms. The van der Waals surface area contributed by atoms with Crippen LogP contribution in [0, 0.1) is 19.8 Å². The first kappa shape index (κ1) is 16.2. The van der Waals surface area contributed by atoms with Gasteiger partial charge in [-0.15, -0.1) is 0 Å². The Bertz CT molecular complexity index is 752. The van der Waals surface area contributed by atoms with Crippen molar-refractivity contribution in [2.24, 2.45) is 5.92 Å². The van der Waals surface area contributed by atoms with Gasteiger partial charge in [-0.1, -0.05) is 42.0 Å². The van der Waals surface area contributed by atoms with Crippen molar-refractivity contribution >= 4 is 17.5 Å². The SMILES string of the molecule is Cc1ccc(CNC(=O)C2CC(=O)N(c3cccc(C)c3)C2)cc1. The molecule has 2 aromatic rings. The molecule has 1 N–H and O–H groups in total. The van der Waals surface area contributed by atoms with Gasteiger partial charge in [-0.25, -0.2) is 0 Å². The second-order valence-corrected chi connectivity index (χ2v) is 6.45. The highest BCUT2D eigenvalue weighted by Gasteiger charge is 2.34. The van der Waals surface area contributed by atoms with Gasteiger partial charge in [0.15, 0.2) is 0 Å². The highest BCUT2D eigenvalue weighted by atomic mass is 16.2. The second kappa shape index (κ2) is 6.87. The summed E-state index contributed by atoms with van der Waals surface area (Å²) in [5, 5.41) is 2.95. The number of carbonyl (C=O) groups is 2. The van der Waals surface area contributed by atoms with Crippen LogP contribution in [0.15, 0.2) is 48.5 Å². The molecule has 1 saturated heterocycles. The van der Waals surface area contributed by atoms with Crippen molar-refractivity contribution in [3.05, 3.63) is 65.2 Å². The van der Waals surface area contributed by atoms with Crippen LogP contribution in [0.1, 0.15) is 23.1 Å². The van der Waals surface area contributed by atoms with Gasteiger partial charge in [-0.2, -0.15) is 0 Å². The molecule has 0 aromatic heterocycles. The summed E-state index contributed by atoms with van der Waals surface area (Å²) in [4.78, 5) is 26.4. The Hall–Kier alpha value is -2.62. The lowest BCUT2D eigenvalue weighted by Gasteiger charge is -2.17. The van der Waals surface area contributed by atoms with E-state index in [-0.39, 0.29) is 24.2 Å². The molecule has 0 aliphatic carbocycles. The number of anilines is 1. The third kappa shape index (κ3) is 3.65. The molecule has 124 valence electrons. The summed E-state index contributed by atoms with van der Waals surface area (Å²) in [6.45, 7) is 4.97. The Balaban J connectivity index is 1.60. The lowest BCUT2D eigenvalue weighted by atomic mass is 10.1. The second-order valence-electron chi connectivity index (χ2n) is 6.45. The van der Waals surface area contributed by atoms with Crippen LogP contribution < -0.4 is 10.2 Å². The highest BCUT2D eigenvalue weighted by Crippen LogP contribution is 2.25. The molecule has 0 bridgehead atoms. The molecule has 3 rings (SSSR count). The van der Waals surface area contributed by atoms with E-state index in [0.29, 0.717) is 13.1 Å². The molecule has 1 heterocycles. The van der Waals surface area contributed by atoms with Crippen molar-refractivity contribution in [1.82, 2.24) is 5.32 Å². The topological polar surface area (TPSA) is 49.4 Å². The summed E-state index contributed by atoms with van der Waals surface area (Å²) >= 11 is 0. The van der Waals surface area contributed by atoms with E-state index in [1.54, 1.807) is 4.90 Å². The number of benzene rings is 2. The third-order valence-electron chi connectivity index (χ3n) is 4.40. The number of nitrogens with zero attached hydrogens (tertiary/aromatic N) is 1. The Morgan fingerprint density at radius 1 is 1.12 bits per heavy atom. The molecule has 1 unspecified atom stereocenters. The quantitative estimate of drug-likeness (QED) is 0.941. The molecule has 2 amide bonds. The molecular weight excluding hydrogens is 300 g/mol. The van der Waals surface area contributed by atoms with Crippen LogP contribution in [0.3, 0.4) is 0 Å². The molecule has 24 heavy (non-hydrogen) atoms. The van der Waals surface area contributed by atoms with Crippen molar-refractivity contribution < 1.29 is 9.59 Å². The minimum absolute atomic E-state index is 0.0103. The zero-order valence-electron chi connectivity index (χ0n) is 14.1. The van der Waals surface area contributed by atoms with Gasteiger partial charge in [0.1, 0.15) is 0 Å². The number of aryl methyl sites for hydroxylation is 2. The van der Waals surface area contributed by atoms with E-state index in [1.807, 2.05) is 62.4 Å². The number of nitrogens with one attached hydrogen (secondary N) is 1. The van der Waals surface area contributed by atoms with E-state index < -0.39 is 0 Å². The maximum absolute atomic E-state index is 12.4. The van der Waals surface area contributed by atoms with Gasteiger partial charge in [0.2, 0.25) is 11.8 Å². The van der Waals surface area contributed by atoms with Crippen LogP contribution in [0.2, 0.25) is 0 Å². The number of hydrogen-bond acceptors (Lipinski definition) is 2. The molecule has 1 atom stereocenters. The number of carbonyl (C=O) groups excluding carboxylic acids is 2. The fourth-order valence-corrected chi connectivity index (χ4v) is 2.97. The van der Waals surface area contributed by atoms with E-state index in [0.717, 1.165) is 16.8 Å². The van der Waals surface area contributed by atoms with Crippen LogP contribution in [0.4, 0.5) is 5.69 Å². The van der Waals surface area contributed by atoms with Gasteiger partial charge >= 0.3 is 0 Å². The molecule has 0 radical (unpaired) electrons. The van der Waals surface area contributed by atoms with Crippen LogP contribution in [0.25, 0.3) is 0 Å². The van der Waals surface area contributed by atoms with Gasteiger partial charge in [0.25, 0.3) is 0 Å². The average Bonchev–Trinajstić information content (AvgIpc) is 2.96. The van der Waals surface area contributed by atoms with Crippen LogP contribution >= 0.6 is 0 Å². The van der Waals surface area contributed by atoms with Crippen LogP contribution in [0.5, 0.6) is 0 Å². The van der Waals surface area contributed by atoms with Crippen molar-refractivity contribution in [1.29, 1.82) is 0 Å². The molecule has 0 spiro atoms. The number of hydrogen-bond donors (Lipinski definition) is 1. The molecule has 1 aliphatic rings. The van der Waals surface area contributed by atoms with E-state index in [4.69, 9.17) is 0 Å². The van der Waals surface area contributed by atoms with Gasteiger partial charge in [-0.3, -0.25) is 9.59 Å². The standard InChI is InChI=1S/C20H22N2O2/c1-14-6-8-16(9-7-14)12-21-20(24)17-11-19(23)22(13-17)18-5-3-4-15(2)10-18/h3-10,17H,11-13H2,1-2H3,(H,21,24). The predicted molar refractivity (Wildman–Crippen MR) is 94.7 cm³/mol. The maximum atomic E-state index is 12.4. The Morgan fingerprint density at radius 2 is 1.88 bits per heavy atom. The van der Waals surface area contributed by atoms with Crippen molar-refractivity contribution in [3.8, 4) is 0 Å². The van der Waals surface area contributed by atoms with Gasteiger partial charge in [-0.05, 0) is 37.1 Å². The Labute approximate surface area is 142 Å². The summed E-state index contributed by atoms with van der Waals surface area (Å²) in [6.07, 6.45) is 0.272. The van der Waals surface area contributed by atoms with Crippen molar-refractivity contribution in [3.63, 3.8) is 0 Å². The molecule has 4 nitrogen and oxygen atoms in total. The first-order chi connectivity index (χ1) is 11.5. The van der Waals surface area contributed by atoms with Gasteiger partial charge in [0, 0.05) is 25.2 Å². The smallest absolute Gasteiger partial charge is 0.227 e. The van der Waals surface area contributed by atoms with Crippen LogP contribution in [-0.4, -0.2) is 18.4 Å². The summed E-state index contributed by atoms with van der Waals surface area (Å²) in [7, 11) is 0. The maximum Gasteiger partial charge on any atom is 0.227 e. The van der Waals surface area contributed by atoms with E-state index >= 15 is 0 Å². The lowest BCUT2D eigenvalue weighted by Crippen LogP contribution is -2.32. The first-order valence-corrected chi connectivity index (χ1v) is 8.23. The van der Waals surface area contributed by atoms with Crippen LogP contribution in [-0.2, 0) is 16.1 Å². The summed E-state index contributed by atoms with van der Waals surface area (Å²) in [5.74, 6) is -0.335. The Morgan fingerprint density at radius 3 is 2.58 bits per heavy atom. The summed E-state index contributed by atoms with van der Waals surface area (Å²) in [6, 6.07) is 15.9. The third-order valence-corrected chi connectivity index (χ3v) is 4.40. The van der Waals surface area contributed by atoms with Gasteiger partial charge < -0.3 is 10.2 Å². The largest absolute Gasteiger partial charge is 0.352 e. The zero-order chi connectivity index (χ0) is 17.1. The number of amides is 2. The van der Waals surface area contributed by atoms with E-state index in [1.165, 1.54) is 5.56 Å². The van der Waals surface area contributed by atoms with Crippen molar-refractivity contribution in [2.45, 2.75) is 26.8 Å². The fourth-order valence-electron chi connectivity index (χ4n) is 2.97. The summed E-state index contributed by atoms with van der Waals surface area (Å²) in [5.41, 5.74) is 4.23. The lowest BCUT2D eigenvalue weighted by molar-refractivity contribution is -0.126. The monoisotopic (exact) mass is 322 g/mol. The minimum Gasteiger partial charge on any atom is -0.352 e. The fraction of sp³-hybridized carbons (Fsp3) is 0.300. The number of rotatable bonds is 4. The average molecular weight is 322 g/mol. The van der Waals surface area contributed by atoms with Gasteiger partial charge in [0.05, 0.1) is 5.92 Å². The summed E-state index contributed by atoms with van der Waals surface area (Å²) < 4.78 is 0. The first-order valence-electron chi connectivity index (χ1n) is 8.23. The minimum atomic E-state index is -0.288. The van der Waals surface area contributed by atoms with E-state index in [9.17, 15) is 9.59 Å². The molecule has 0 saturated carbocycles. The molecule has 1 fully saturated rings. The normalized spacial score (nSPS) is 17.2.